The molecule has 3 saturated heterocycles. The minimum Gasteiger partial charge on any atom is -0.497 e. The monoisotopic (exact) mass is 526 g/mol. The van der Waals surface area contributed by atoms with Crippen molar-refractivity contribution in [2.24, 2.45) is 11.8 Å². The van der Waals surface area contributed by atoms with Gasteiger partial charge in [0.1, 0.15) is 29.9 Å². The lowest BCUT2D eigenvalue weighted by atomic mass is 9.65. The number of hydrogen-bond acceptors (Lipinski definition) is 7. The first-order valence-corrected chi connectivity index (χ1v) is 13.3. The standard InChI is InChI=1S/C29H38N2O7/c1-6-16-30(20-10-12-21(36-5)13-11-20)26(34)24-29-15-14-28(9-4,38-29)23(27(35)37-17-7-2)22(29)25(33)31(24)19(8-3)18-32/h6-7,10-13,19,22-24,32H,1-2,8-9,14-18H2,3-5H3/t19-,22-,23-,24?,28+,29?/m0/s1. The Labute approximate surface area is 224 Å². The SMILES string of the molecule is C=CCOC(=O)[C@@H]1[C@H]2C(=O)N([C@@H](CC)CO)C(C(=O)N(CC=C)c3ccc(OC)cc3)C23CC[C@@]1(CC)O3. The van der Waals surface area contributed by atoms with Gasteiger partial charge in [-0.2, -0.15) is 0 Å². The van der Waals surface area contributed by atoms with Crippen LogP contribution < -0.4 is 9.64 Å². The van der Waals surface area contributed by atoms with Crippen LogP contribution in [0.1, 0.15) is 39.5 Å². The molecule has 1 aromatic carbocycles. The zero-order valence-electron chi connectivity index (χ0n) is 22.4. The van der Waals surface area contributed by atoms with Crippen LogP contribution in [-0.2, 0) is 23.9 Å². The van der Waals surface area contributed by atoms with Crippen LogP contribution in [0.2, 0.25) is 0 Å². The Morgan fingerprint density at radius 2 is 1.95 bits per heavy atom. The van der Waals surface area contributed by atoms with Crippen molar-refractivity contribution in [2.75, 3.05) is 31.8 Å². The minimum absolute atomic E-state index is 0.0217. The van der Waals surface area contributed by atoms with E-state index in [0.29, 0.717) is 37.1 Å². The van der Waals surface area contributed by atoms with Crippen LogP contribution in [0.15, 0.2) is 49.6 Å². The number of aliphatic hydroxyl groups is 1. The van der Waals surface area contributed by atoms with Crippen molar-refractivity contribution in [1.29, 1.82) is 0 Å². The van der Waals surface area contributed by atoms with E-state index >= 15 is 0 Å². The van der Waals surface area contributed by atoms with Gasteiger partial charge in [-0.25, -0.2) is 0 Å². The molecule has 3 heterocycles. The smallest absolute Gasteiger partial charge is 0.313 e. The molecule has 9 nitrogen and oxygen atoms in total. The number of likely N-dealkylation sites (tertiary alicyclic amines) is 1. The number of nitrogens with zero attached hydrogens (tertiary/aromatic N) is 2. The Morgan fingerprint density at radius 3 is 2.50 bits per heavy atom. The number of fused-ring (bicyclic) bond motifs is 1. The highest BCUT2D eigenvalue weighted by molar-refractivity contribution is 6.05. The second kappa shape index (κ2) is 10.9. The number of ether oxygens (including phenoxy) is 3. The van der Waals surface area contributed by atoms with Gasteiger partial charge in [0.2, 0.25) is 5.91 Å². The Morgan fingerprint density at radius 1 is 1.24 bits per heavy atom. The highest BCUT2D eigenvalue weighted by atomic mass is 16.6. The fourth-order valence-corrected chi connectivity index (χ4v) is 6.69. The molecule has 3 aliphatic rings. The normalized spacial score (nSPS) is 30.1. The summed E-state index contributed by atoms with van der Waals surface area (Å²) in [7, 11) is 1.57. The maximum Gasteiger partial charge on any atom is 0.313 e. The summed E-state index contributed by atoms with van der Waals surface area (Å²) >= 11 is 0. The zero-order chi connectivity index (χ0) is 27.7. The molecule has 0 saturated carbocycles. The summed E-state index contributed by atoms with van der Waals surface area (Å²) in [6, 6.07) is 5.43. The lowest BCUT2D eigenvalue weighted by Crippen LogP contribution is -2.59. The number of esters is 1. The van der Waals surface area contributed by atoms with Crippen LogP contribution in [-0.4, -0.2) is 77.9 Å². The predicted molar refractivity (Wildman–Crippen MR) is 142 cm³/mol. The first-order valence-electron chi connectivity index (χ1n) is 13.3. The second-order valence-corrected chi connectivity index (χ2v) is 10.2. The van der Waals surface area contributed by atoms with Crippen LogP contribution >= 0.6 is 0 Å². The van der Waals surface area contributed by atoms with Gasteiger partial charge < -0.3 is 29.1 Å². The molecule has 1 aromatic rings. The van der Waals surface area contributed by atoms with E-state index in [1.165, 1.54) is 11.0 Å². The van der Waals surface area contributed by atoms with Gasteiger partial charge in [0.15, 0.2) is 0 Å². The first-order chi connectivity index (χ1) is 18.3. The minimum atomic E-state index is -1.21. The van der Waals surface area contributed by atoms with E-state index in [0.717, 1.165) is 0 Å². The number of carbonyl (C=O) groups excluding carboxylic acids is 3. The van der Waals surface area contributed by atoms with E-state index < -0.39 is 41.1 Å². The number of carbonyl (C=O) groups is 3. The predicted octanol–water partition coefficient (Wildman–Crippen LogP) is 2.87. The van der Waals surface area contributed by atoms with E-state index in [1.54, 1.807) is 42.4 Å². The molecule has 0 aliphatic carbocycles. The van der Waals surface area contributed by atoms with E-state index in [1.807, 2.05) is 13.8 Å². The first kappa shape index (κ1) is 27.9. The number of aliphatic hydroxyl groups excluding tert-OH is 1. The number of hydrogen-bond donors (Lipinski definition) is 1. The van der Waals surface area contributed by atoms with Gasteiger partial charge in [0, 0.05) is 12.2 Å². The molecule has 6 atom stereocenters. The third-order valence-electron chi connectivity index (χ3n) is 8.49. The number of rotatable bonds is 12. The van der Waals surface area contributed by atoms with Crippen molar-refractivity contribution >= 4 is 23.5 Å². The lowest BCUT2D eigenvalue weighted by Gasteiger charge is -2.39. The summed E-state index contributed by atoms with van der Waals surface area (Å²) in [5.74, 6) is -2.30. The highest BCUT2D eigenvalue weighted by Crippen LogP contribution is 2.65. The summed E-state index contributed by atoms with van der Waals surface area (Å²) in [6.45, 7) is 11.1. The molecular formula is C29H38N2O7. The Balaban J connectivity index is 1.83. The largest absolute Gasteiger partial charge is 0.497 e. The molecular weight excluding hydrogens is 488 g/mol. The van der Waals surface area contributed by atoms with Gasteiger partial charge in [0.25, 0.3) is 5.91 Å². The van der Waals surface area contributed by atoms with E-state index in [4.69, 9.17) is 14.2 Å². The Hall–Kier alpha value is -3.17. The summed E-state index contributed by atoms with van der Waals surface area (Å²) in [4.78, 5) is 45.1. The van der Waals surface area contributed by atoms with Crippen molar-refractivity contribution < 1.29 is 33.7 Å². The highest BCUT2D eigenvalue weighted by Gasteiger charge is 2.79. The Bertz CT molecular complexity index is 1080. The zero-order valence-corrected chi connectivity index (χ0v) is 22.4. The van der Waals surface area contributed by atoms with Crippen molar-refractivity contribution in [3.8, 4) is 5.75 Å². The molecule has 1 spiro atoms. The third kappa shape index (κ3) is 4.12. The fraction of sp³-hybridized carbons (Fsp3) is 0.552. The number of benzene rings is 1. The molecule has 3 fully saturated rings. The summed E-state index contributed by atoms with van der Waals surface area (Å²) < 4.78 is 17.5. The van der Waals surface area contributed by atoms with E-state index in [9.17, 15) is 19.5 Å². The topological polar surface area (TPSA) is 106 Å². The maximum atomic E-state index is 14.5. The Kier molecular flexibility index (Phi) is 7.99. The van der Waals surface area contributed by atoms with Crippen molar-refractivity contribution in [2.45, 2.75) is 62.8 Å². The number of amides is 2. The molecule has 2 bridgehead atoms. The summed E-state index contributed by atoms with van der Waals surface area (Å²) in [6.07, 6.45) is 5.01. The fourth-order valence-electron chi connectivity index (χ4n) is 6.69. The maximum absolute atomic E-state index is 14.5. The van der Waals surface area contributed by atoms with Crippen molar-refractivity contribution in [3.05, 3.63) is 49.6 Å². The average Bonchev–Trinajstić information content (AvgIpc) is 3.55. The number of anilines is 1. The van der Waals surface area contributed by atoms with Crippen molar-refractivity contribution in [3.63, 3.8) is 0 Å². The summed E-state index contributed by atoms with van der Waals surface area (Å²) in [5, 5.41) is 10.2. The van der Waals surface area contributed by atoms with Gasteiger partial charge in [-0.05, 0) is 49.9 Å². The van der Waals surface area contributed by atoms with Crippen LogP contribution in [0.4, 0.5) is 5.69 Å². The van der Waals surface area contributed by atoms with Gasteiger partial charge in [-0.15, -0.1) is 6.58 Å². The van der Waals surface area contributed by atoms with Gasteiger partial charge >= 0.3 is 5.97 Å². The number of methoxy groups -OCH3 is 1. The quantitative estimate of drug-likeness (QED) is 0.330. The molecule has 2 amide bonds. The summed E-state index contributed by atoms with van der Waals surface area (Å²) in [5.41, 5.74) is -1.50. The van der Waals surface area contributed by atoms with Crippen LogP contribution in [0.3, 0.4) is 0 Å². The van der Waals surface area contributed by atoms with Crippen molar-refractivity contribution in [1.82, 2.24) is 4.90 Å². The molecule has 38 heavy (non-hydrogen) atoms. The van der Waals surface area contributed by atoms with E-state index in [2.05, 4.69) is 13.2 Å². The van der Waals surface area contributed by atoms with Gasteiger partial charge in [-0.3, -0.25) is 14.4 Å². The average molecular weight is 527 g/mol. The molecule has 4 rings (SSSR count). The van der Waals surface area contributed by atoms with Crippen LogP contribution in [0.5, 0.6) is 5.75 Å². The second-order valence-electron chi connectivity index (χ2n) is 10.2. The van der Waals surface area contributed by atoms with Gasteiger partial charge in [-0.1, -0.05) is 32.6 Å². The van der Waals surface area contributed by atoms with Gasteiger partial charge in [0.05, 0.1) is 31.3 Å². The van der Waals surface area contributed by atoms with Crippen LogP contribution in [0.25, 0.3) is 0 Å². The molecule has 0 aromatic heterocycles. The lowest BCUT2D eigenvalue weighted by molar-refractivity contribution is -0.161. The molecule has 3 aliphatic heterocycles. The third-order valence-corrected chi connectivity index (χ3v) is 8.49. The molecule has 0 radical (unpaired) electrons. The molecule has 2 unspecified atom stereocenters. The van der Waals surface area contributed by atoms with Crippen LogP contribution in [0, 0.1) is 11.8 Å². The van der Waals surface area contributed by atoms with E-state index in [-0.39, 0.29) is 31.6 Å². The molecule has 1 N–H and O–H groups in total. The molecule has 9 heteroatoms. The molecule has 206 valence electrons.